The average Bonchev–Trinajstić information content (AvgIpc) is 3.15. The van der Waals surface area contributed by atoms with Crippen molar-refractivity contribution in [3.63, 3.8) is 0 Å². The lowest BCUT2D eigenvalue weighted by Gasteiger charge is -2.09. The second kappa shape index (κ2) is 8.06. The Bertz CT molecular complexity index is 793. The van der Waals surface area contributed by atoms with Crippen LogP contribution in [-0.2, 0) is 11.3 Å². The van der Waals surface area contributed by atoms with Crippen LogP contribution >= 0.6 is 0 Å². The van der Waals surface area contributed by atoms with Crippen LogP contribution in [-0.4, -0.2) is 12.5 Å². The third-order valence-corrected chi connectivity index (χ3v) is 3.49. The van der Waals surface area contributed by atoms with Crippen molar-refractivity contribution in [2.75, 3.05) is 6.61 Å². The second-order valence-electron chi connectivity index (χ2n) is 5.53. The molecule has 0 saturated carbocycles. The Balaban J connectivity index is 1.45. The van der Waals surface area contributed by atoms with Gasteiger partial charge in [0, 0.05) is 0 Å². The zero-order valence-electron chi connectivity index (χ0n) is 13.9. The lowest BCUT2D eigenvalue weighted by molar-refractivity contribution is -0.123. The number of amides is 1. The third kappa shape index (κ3) is 5.14. The fraction of sp³-hybridized carbons (Fsp3) is 0.150. The van der Waals surface area contributed by atoms with E-state index in [1.165, 1.54) is 5.56 Å². The van der Waals surface area contributed by atoms with Crippen LogP contribution in [0.5, 0.6) is 17.2 Å². The molecule has 5 nitrogen and oxygen atoms in total. The highest BCUT2D eigenvalue weighted by molar-refractivity contribution is 5.77. The molecule has 1 N–H and O–H groups in total. The van der Waals surface area contributed by atoms with Crippen LogP contribution in [0.3, 0.4) is 0 Å². The molecule has 128 valence electrons. The molecular weight excluding hydrogens is 318 g/mol. The fourth-order valence-corrected chi connectivity index (χ4v) is 2.15. The number of ether oxygens (including phenoxy) is 2. The molecule has 0 unspecified atom stereocenters. The first-order valence-electron chi connectivity index (χ1n) is 7.95. The number of carbonyl (C=O) groups is 1. The minimum atomic E-state index is -0.212. The summed E-state index contributed by atoms with van der Waals surface area (Å²) in [5.74, 6) is 2.57. The molecule has 0 saturated heterocycles. The first-order chi connectivity index (χ1) is 12.2. The van der Waals surface area contributed by atoms with Gasteiger partial charge in [-0.15, -0.1) is 0 Å². The Kier molecular flexibility index (Phi) is 5.36. The summed E-state index contributed by atoms with van der Waals surface area (Å²) in [5.41, 5.74) is 1.18. The summed E-state index contributed by atoms with van der Waals surface area (Å²) in [7, 11) is 0. The molecule has 5 heteroatoms. The van der Waals surface area contributed by atoms with Gasteiger partial charge in [0.15, 0.2) is 6.61 Å². The van der Waals surface area contributed by atoms with Gasteiger partial charge in [0.1, 0.15) is 23.0 Å². The Labute approximate surface area is 146 Å². The fourth-order valence-electron chi connectivity index (χ4n) is 2.15. The molecule has 0 aliphatic heterocycles. The lowest BCUT2D eigenvalue weighted by Crippen LogP contribution is -2.28. The summed E-state index contributed by atoms with van der Waals surface area (Å²) in [6, 6.07) is 18.5. The van der Waals surface area contributed by atoms with E-state index in [9.17, 15) is 4.79 Å². The molecule has 0 bridgehead atoms. The van der Waals surface area contributed by atoms with Crippen LogP contribution in [0.2, 0.25) is 0 Å². The minimum absolute atomic E-state index is 0.0567. The van der Waals surface area contributed by atoms with E-state index in [1.54, 1.807) is 42.7 Å². The quantitative estimate of drug-likeness (QED) is 0.706. The summed E-state index contributed by atoms with van der Waals surface area (Å²) in [5, 5.41) is 2.72. The molecule has 3 rings (SSSR count). The van der Waals surface area contributed by atoms with Gasteiger partial charge in [-0.25, -0.2) is 0 Å². The van der Waals surface area contributed by atoms with Crippen molar-refractivity contribution in [2.45, 2.75) is 13.5 Å². The average molecular weight is 337 g/mol. The highest BCUT2D eigenvalue weighted by Gasteiger charge is 2.04. The molecule has 2 aromatic carbocycles. The van der Waals surface area contributed by atoms with Crippen LogP contribution in [0.15, 0.2) is 71.3 Å². The summed E-state index contributed by atoms with van der Waals surface area (Å²) < 4.78 is 16.4. The molecule has 0 aliphatic rings. The SMILES string of the molecule is Cc1ccc(Oc2ccc(OCC(=O)NCc3ccco3)cc2)cc1. The van der Waals surface area contributed by atoms with Gasteiger partial charge in [-0.05, 0) is 55.5 Å². The molecule has 0 aliphatic carbocycles. The molecule has 1 heterocycles. The number of nitrogens with one attached hydrogen (secondary N) is 1. The predicted octanol–water partition coefficient (Wildman–Crippen LogP) is 4.08. The van der Waals surface area contributed by atoms with Crippen molar-refractivity contribution in [3.8, 4) is 17.2 Å². The molecule has 25 heavy (non-hydrogen) atoms. The van der Waals surface area contributed by atoms with Gasteiger partial charge in [-0.2, -0.15) is 0 Å². The van der Waals surface area contributed by atoms with Crippen molar-refractivity contribution in [1.29, 1.82) is 0 Å². The zero-order valence-corrected chi connectivity index (χ0v) is 13.9. The van der Waals surface area contributed by atoms with Crippen molar-refractivity contribution in [3.05, 3.63) is 78.3 Å². The number of hydrogen-bond donors (Lipinski definition) is 1. The first-order valence-corrected chi connectivity index (χ1v) is 7.95. The van der Waals surface area contributed by atoms with Crippen LogP contribution < -0.4 is 14.8 Å². The Morgan fingerprint density at radius 3 is 2.24 bits per heavy atom. The molecule has 0 spiro atoms. The van der Waals surface area contributed by atoms with Gasteiger partial charge in [-0.1, -0.05) is 17.7 Å². The van der Waals surface area contributed by atoms with Gasteiger partial charge >= 0.3 is 0 Å². The van der Waals surface area contributed by atoms with Crippen molar-refractivity contribution < 1.29 is 18.7 Å². The van der Waals surface area contributed by atoms with Crippen LogP contribution in [0.4, 0.5) is 0 Å². The van der Waals surface area contributed by atoms with Crippen LogP contribution in [0, 0.1) is 6.92 Å². The lowest BCUT2D eigenvalue weighted by atomic mass is 10.2. The van der Waals surface area contributed by atoms with Gasteiger partial charge in [0.2, 0.25) is 0 Å². The van der Waals surface area contributed by atoms with Gasteiger partial charge in [0.25, 0.3) is 5.91 Å². The van der Waals surface area contributed by atoms with E-state index in [0.717, 1.165) is 5.75 Å². The van der Waals surface area contributed by atoms with Gasteiger partial charge in [-0.3, -0.25) is 4.79 Å². The Morgan fingerprint density at radius 2 is 1.60 bits per heavy atom. The van der Waals surface area contributed by atoms with Crippen LogP contribution in [0.1, 0.15) is 11.3 Å². The number of rotatable bonds is 7. The van der Waals surface area contributed by atoms with E-state index in [-0.39, 0.29) is 12.5 Å². The Morgan fingerprint density at radius 1 is 0.960 bits per heavy atom. The summed E-state index contributed by atoms with van der Waals surface area (Å²) >= 11 is 0. The smallest absolute Gasteiger partial charge is 0.258 e. The van der Waals surface area contributed by atoms with Crippen LogP contribution in [0.25, 0.3) is 0 Å². The van der Waals surface area contributed by atoms with Gasteiger partial charge < -0.3 is 19.2 Å². The highest BCUT2D eigenvalue weighted by Crippen LogP contribution is 2.24. The van der Waals surface area contributed by atoms with Crippen molar-refractivity contribution in [1.82, 2.24) is 5.32 Å². The van der Waals surface area contributed by atoms with E-state index in [4.69, 9.17) is 13.9 Å². The predicted molar refractivity (Wildman–Crippen MR) is 93.7 cm³/mol. The summed E-state index contributed by atoms with van der Waals surface area (Å²) in [6.07, 6.45) is 1.57. The topological polar surface area (TPSA) is 60.7 Å². The van der Waals surface area contributed by atoms with Crippen molar-refractivity contribution >= 4 is 5.91 Å². The van der Waals surface area contributed by atoms with Crippen molar-refractivity contribution in [2.24, 2.45) is 0 Å². The number of hydrogen-bond acceptors (Lipinski definition) is 4. The maximum Gasteiger partial charge on any atom is 0.258 e. The molecule has 0 atom stereocenters. The zero-order chi connectivity index (χ0) is 17.5. The monoisotopic (exact) mass is 337 g/mol. The maximum absolute atomic E-state index is 11.7. The standard InChI is InChI=1S/C20H19NO4/c1-15-4-6-17(7-5-15)25-18-10-8-16(9-11-18)24-14-20(22)21-13-19-3-2-12-23-19/h2-12H,13-14H2,1H3,(H,21,22). The Hall–Kier alpha value is -3.21. The van der Waals surface area contributed by atoms with Gasteiger partial charge in [0.05, 0.1) is 12.8 Å². The molecule has 0 radical (unpaired) electrons. The third-order valence-electron chi connectivity index (χ3n) is 3.49. The molecule has 0 fully saturated rings. The molecule has 1 aromatic heterocycles. The maximum atomic E-state index is 11.7. The summed E-state index contributed by atoms with van der Waals surface area (Å²) in [4.78, 5) is 11.7. The van der Waals surface area contributed by atoms with E-state index in [0.29, 0.717) is 23.8 Å². The molecule has 3 aromatic rings. The molecular formula is C20H19NO4. The number of aryl methyl sites for hydroxylation is 1. The number of carbonyl (C=O) groups excluding carboxylic acids is 1. The number of benzene rings is 2. The normalized spacial score (nSPS) is 10.3. The second-order valence-corrected chi connectivity index (χ2v) is 5.53. The summed E-state index contributed by atoms with van der Waals surface area (Å²) in [6.45, 7) is 2.32. The number of furan rings is 1. The molecule has 1 amide bonds. The van der Waals surface area contributed by atoms with E-state index in [2.05, 4.69) is 5.32 Å². The largest absolute Gasteiger partial charge is 0.484 e. The highest BCUT2D eigenvalue weighted by atomic mass is 16.5. The first kappa shape index (κ1) is 16.6. The van der Waals surface area contributed by atoms with E-state index in [1.807, 2.05) is 31.2 Å². The van der Waals surface area contributed by atoms with E-state index >= 15 is 0 Å². The van der Waals surface area contributed by atoms with E-state index < -0.39 is 0 Å². The minimum Gasteiger partial charge on any atom is -0.484 e.